The minimum Gasteiger partial charge on any atom is -0.388 e. The van der Waals surface area contributed by atoms with Crippen LogP contribution in [0.1, 0.15) is 12.8 Å². The predicted octanol–water partition coefficient (Wildman–Crippen LogP) is 2.25. The van der Waals surface area contributed by atoms with Crippen LogP contribution < -0.4 is 5.32 Å². The van der Waals surface area contributed by atoms with Gasteiger partial charge in [0, 0.05) is 48.9 Å². The first-order chi connectivity index (χ1) is 8.77. The Kier molecular flexibility index (Phi) is 3.20. The van der Waals surface area contributed by atoms with E-state index in [1.165, 1.54) is 4.70 Å². The summed E-state index contributed by atoms with van der Waals surface area (Å²) in [5.74, 6) is 0.855. The van der Waals surface area contributed by atoms with Crippen molar-refractivity contribution in [2.45, 2.75) is 18.4 Å². The molecule has 5 heteroatoms. The fourth-order valence-corrected chi connectivity index (χ4v) is 2.99. The summed E-state index contributed by atoms with van der Waals surface area (Å²) in [6.45, 7) is 1.79. The van der Waals surface area contributed by atoms with Crippen LogP contribution in [0.3, 0.4) is 0 Å². The Hall–Kier alpha value is -1.17. The van der Waals surface area contributed by atoms with Crippen molar-refractivity contribution in [3.63, 3.8) is 0 Å². The van der Waals surface area contributed by atoms with Gasteiger partial charge in [0.05, 0.1) is 5.60 Å². The lowest BCUT2D eigenvalue weighted by atomic mass is 9.94. The van der Waals surface area contributed by atoms with Gasteiger partial charge in [-0.2, -0.15) is 0 Å². The van der Waals surface area contributed by atoms with E-state index in [0.717, 1.165) is 11.2 Å². The second kappa shape index (κ2) is 4.84. The molecular weight excluding hydrogens is 248 g/mol. The van der Waals surface area contributed by atoms with Gasteiger partial charge in [-0.25, -0.2) is 4.98 Å². The molecule has 1 aliphatic heterocycles. The molecule has 1 fully saturated rings. The molecule has 2 aromatic heterocycles. The van der Waals surface area contributed by atoms with E-state index < -0.39 is 5.60 Å². The van der Waals surface area contributed by atoms with Crippen molar-refractivity contribution in [2.75, 3.05) is 25.1 Å². The summed E-state index contributed by atoms with van der Waals surface area (Å²) in [5.41, 5.74) is -0.669. The number of hydrogen-bond donors (Lipinski definition) is 2. The molecule has 96 valence electrons. The number of aromatic nitrogens is 1. The molecule has 1 aliphatic rings. The van der Waals surface area contributed by atoms with Crippen LogP contribution in [-0.2, 0) is 4.74 Å². The number of hydrogen-bond acceptors (Lipinski definition) is 5. The molecular formula is C13H16N2O2S. The lowest BCUT2D eigenvalue weighted by molar-refractivity contribution is -0.0543. The minimum absolute atomic E-state index is 0.526. The molecule has 18 heavy (non-hydrogen) atoms. The first kappa shape index (κ1) is 11.9. The van der Waals surface area contributed by atoms with Gasteiger partial charge >= 0.3 is 0 Å². The standard InChI is InChI=1S/C13H16N2O2S/c16-13(3-6-17-7-4-13)9-15-12-10-2-8-18-11(10)1-5-14-12/h1-2,5,8,16H,3-4,6-7,9H2,(H,14,15). The van der Waals surface area contributed by atoms with Gasteiger partial charge < -0.3 is 15.2 Å². The van der Waals surface area contributed by atoms with Crippen molar-refractivity contribution < 1.29 is 9.84 Å². The third kappa shape index (κ3) is 2.34. The molecule has 0 unspecified atom stereocenters. The zero-order chi connectivity index (χ0) is 12.4. The van der Waals surface area contributed by atoms with Gasteiger partial charge in [-0.1, -0.05) is 0 Å². The van der Waals surface area contributed by atoms with Crippen LogP contribution in [0.4, 0.5) is 5.82 Å². The van der Waals surface area contributed by atoms with Gasteiger partial charge in [0.25, 0.3) is 0 Å². The lowest BCUT2D eigenvalue weighted by Crippen LogP contribution is -2.42. The Morgan fingerprint density at radius 2 is 2.22 bits per heavy atom. The molecule has 3 rings (SSSR count). The Morgan fingerprint density at radius 1 is 1.39 bits per heavy atom. The smallest absolute Gasteiger partial charge is 0.134 e. The van der Waals surface area contributed by atoms with E-state index in [1.54, 1.807) is 17.5 Å². The molecule has 0 bridgehead atoms. The Morgan fingerprint density at radius 3 is 3.06 bits per heavy atom. The van der Waals surface area contributed by atoms with Crippen LogP contribution in [0.2, 0.25) is 0 Å². The van der Waals surface area contributed by atoms with Crippen LogP contribution in [0, 0.1) is 0 Å². The number of aliphatic hydroxyl groups is 1. The van der Waals surface area contributed by atoms with Crippen molar-refractivity contribution in [1.82, 2.24) is 4.98 Å². The fourth-order valence-electron chi connectivity index (χ4n) is 2.21. The van der Waals surface area contributed by atoms with Gasteiger partial charge in [0.15, 0.2) is 0 Å². The second-order valence-corrected chi connectivity index (χ2v) is 5.63. The molecule has 0 aliphatic carbocycles. The largest absolute Gasteiger partial charge is 0.388 e. The lowest BCUT2D eigenvalue weighted by Gasteiger charge is -2.32. The molecule has 2 N–H and O–H groups in total. The summed E-state index contributed by atoms with van der Waals surface area (Å²) in [6.07, 6.45) is 3.16. The fraction of sp³-hybridized carbons (Fsp3) is 0.462. The molecule has 0 atom stereocenters. The average molecular weight is 264 g/mol. The summed E-state index contributed by atoms with van der Waals surface area (Å²) >= 11 is 1.70. The molecule has 0 aromatic carbocycles. The zero-order valence-electron chi connectivity index (χ0n) is 10.1. The van der Waals surface area contributed by atoms with E-state index in [-0.39, 0.29) is 0 Å². The topological polar surface area (TPSA) is 54.4 Å². The molecule has 0 amide bonds. The van der Waals surface area contributed by atoms with Crippen LogP contribution >= 0.6 is 11.3 Å². The predicted molar refractivity (Wildman–Crippen MR) is 73.1 cm³/mol. The van der Waals surface area contributed by atoms with Crippen molar-refractivity contribution in [3.8, 4) is 0 Å². The van der Waals surface area contributed by atoms with Gasteiger partial charge in [0.1, 0.15) is 5.82 Å². The van der Waals surface area contributed by atoms with Crippen LogP contribution in [0.25, 0.3) is 10.1 Å². The van der Waals surface area contributed by atoms with Gasteiger partial charge in [-0.05, 0) is 17.5 Å². The summed E-state index contributed by atoms with van der Waals surface area (Å²) in [5, 5.41) is 16.8. The number of pyridine rings is 1. The molecule has 3 heterocycles. The number of nitrogens with one attached hydrogen (secondary N) is 1. The highest BCUT2D eigenvalue weighted by atomic mass is 32.1. The SMILES string of the molecule is OC1(CNc2nccc3sccc23)CCOCC1. The molecule has 1 saturated heterocycles. The van der Waals surface area contributed by atoms with Gasteiger partial charge in [-0.15, -0.1) is 11.3 Å². The normalized spacial score (nSPS) is 18.9. The van der Waals surface area contributed by atoms with E-state index >= 15 is 0 Å². The Labute approximate surface area is 110 Å². The summed E-state index contributed by atoms with van der Waals surface area (Å²) < 4.78 is 6.49. The van der Waals surface area contributed by atoms with E-state index in [9.17, 15) is 5.11 Å². The zero-order valence-corrected chi connectivity index (χ0v) is 10.9. The third-order valence-electron chi connectivity index (χ3n) is 3.39. The van der Waals surface area contributed by atoms with E-state index in [0.29, 0.717) is 32.6 Å². The number of thiophene rings is 1. The molecule has 0 saturated carbocycles. The Balaban J connectivity index is 1.74. The van der Waals surface area contributed by atoms with Crippen molar-refractivity contribution >= 4 is 27.2 Å². The van der Waals surface area contributed by atoms with E-state index in [1.807, 2.05) is 6.07 Å². The third-order valence-corrected chi connectivity index (χ3v) is 4.27. The van der Waals surface area contributed by atoms with Gasteiger partial charge in [0.2, 0.25) is 0 Å². The van der Waals surface area contributed by atoms with Crippen molar-refractivity contribution in [3.05, 3.63) is 23.7 Å². The molecule has 0 radical (unpaired) electrons. The Bertz CT molecular complexity index is 535. The summed E-state index contributed by atoms with van der Waals surface area (Å²) in [6, 6.07) is 4.07. The average Bonchev–Trinajstić information content (AvgIpc) is 2.86. The number of fused-ring (bicyclic) bond motifs is 1. The molecule has 4 nitrogen and oxygen atoms in total. The second-order valence-electron chi connectivity index (χ2n) is 4.68. The van der Waals surface area contributed by atoms with Crippen molar-refractivity contribution in [2.24, 2.45) is 0 Å². The maximum Gasteiger partial charge on any atom is 0.134 e. The van der Waals surface area contributed by atoms with Crippen LogP contribution in [0.5, 0.6) is 0 Å². The number of anilines is 1. The van der Waals surface area contributed by atoms with E-state index in [2.05, 4.69) is 21.7 Å². The maximum atomic E-state index is 10.4. The number of rotatable bonds is 3. The van der Waals surface area contributed by atoms with Crippen LogP contribution in [0.15, 0.2) is 23.7 Å². The maximum absolute atomic E-state index is 10.4. The highest BCUT2D eigenvalue weighted by molar-refractivity contribution is 7.17. The van der Waals surface area contributed by atoms with Gasteiger partial charge in [-0.3, -0.25) is 0 Å². The molecule has 2 aromatic rings. The highest BCUT2D eigenvalue weighted by Gasteiger charge is 2.29. The van der Waals surface area contributed by atoms with Crippen molar-refractivity contribution in [1.29, 1.82) is 0 Å². The quantitative estimate of drug-likeness (QED) is 0.892. The summed E-state index contributed by atoms with van der Waals surface area (Å²) in [4.78, 5) is 4.35. The number of ether oxygens (including phenoxy) is 1. The number of nitrogens with zero attached hydrogens (tertiary/aromatic N) is 1. The first-order valence-electron chi connectivity index (χ1n) is 6.13. The van der Waals surface area contributed by atoms with Crippen LogP contribution in [-0.4, -0.2) is 35.5 Å². The monoisotopic (exact) mass is 264 g/mol. The first-order valence-corrected chi connectivity index (χ1v) is 7.01. The minimum atomic E-state index is -0.669. The molecule has 0 spiro atoms. The summed E-state index contributed by atoms with van der Waals surface area (Å²) in [7, 11) is 0. The highest BCUT2D eigenvalue weighted by Crippen LogP contribution is 2.27. The van der Waals surface area contributed by atoms with E-state index in [4.69, 9.17) is 4.74 Å².